The van der Waals surface area contributed by atoms with Gasteiger partial charge in [0.2, 0.25) is 11.8 Å². The summed E-state index contributed by atoms with van der Waals surface area (Å²) in [5.74, 6) is 1.80. The monoisotopic (exact) mass is 600 g/mol. The van der Waals surface area contributed by atoms with E-state index >= 15 is 0 Å². The molecule has 2 aliphatic rings. The van der Waals surface area contributed by atoms with Gasteiger partial charge in [-0.15, -0.1) is 11.8 Å². The van der Waals surface area contributed by atoms with Crippen LogP contribution in [-0.4, -0.2) is 57.1 Å². The third-order valence-corrected chi connectivity index (χ3v) is 9.23. The van der Waals surface area contributed by atoms with Crippen molar-refractivity contribution < 1.29 is 23.9 Å². The lowest BCUT2D eigenvalue weighted by atomic mass is 9.85. The number of hydrogen-bond donors (Lipinski definition) is 2. The maximum Gasteiger partial charge on any atom is 0.411 e. The Morgan fingerprint density at radius 1 is 1.07 bits per heavy atom. The van der Waals surface area contributed by atoms with Crippen LogP contribution < -0.4 is 14.8 Å². The molecule has 1 unspecified atom stereocenters. The molecule has 2 heterocycles. The first-order valence-electron chi connectivity index (χ1n) is 14.1. The van der Waals surface area contributed by atoms with E-state index in [1.165, 1.54) is 35.0 Å². The SMILES string of the molecule is C[C@@H](NC(=O)[C@@H]1CSCN1C(=O)OC(C)(C)C)C(=O)NSC(c1ccc(Oc2ccccc2)nc1)C1CCCCC1. The Morgan fingerprint density at radius 2 is 1.80 bits per heavy atom. The minimum absolute atomic E-state index is 0.0225. The zero-order valence-electron chi connectivity index (χ0n) is 24.1. The summed E-state index contributed by atoms with van der Waals surface area (Å²) in [6, 6.07) is 11.9. The average Bonchev–Trinajstić information content (AvgIpc) is 3.45. The molecule has 41 heavy (non-hydrogen) atoms. The van der Waals surface area contributed by atoms with Gasteiger partial charge in [-0.25, -0.2) is 9.78 Å². The van der Waals surface area contributed by atoms with Gasteiger partial charge in [0.25, 0.3) is 5.91 Å². The zero-order valence-corrected chi connectivity index (χ0v) is 25.8. The van der Waals surface area contributed by atoms with Gasteiger partial charge in [-0.2, -0.15) is 0 Å². The molecule has 1 aliphatic carbocycles. The second-order valence-corrected chi connectivity index (χ2v) is 13.4. The fraction of sp³-hybridized carbons (Fsp3) is 0.533. The maximum atomic E-state index is 13.1. The van der Waals surface area contributed by atoms with Crippen LogP contribution in [0, 0.1) is 5.92 Å². The van der Waals surface area contributed by atoms with Gasteiger partial charge in [-0.3, -0.25) is 19.2 Å². The smallest absolute Gasteiger partial charge is 0.411 e. The van der Waals surface area contributed by atoms with Crippen LogP contribution in [0.1, 0.15) is 70.6 Å². The molecule has 222 valence electrons. The molecule has 1 aromatic carbocycles. The summed E-state index contributed by atoms with van der Waals surface area (Å²) < 4.78 is 14.3. The molecule has 1 saturated heterocycles. The molecule has 0 spiro atoms. The number of thioether (sulfide) groups is 1. The summed E-state index contributed by atoms with van der Waals surface area (Å²) in [6.45, 7) is 7.02. The van der Waals surface area contributed by atoms with Crippen LogP contribution in [0.15, 0.2) is 48.7 Å². The van der Waals surface area contributed by atoms with Gasteiger partial charge in [0, 0.05) is 18.0 Å². The van der Waals surface area contributed by atoms with Crippen LogP contribution in [0.2, 0.25) is 0 Å². The van der Waals surface area contributed by atoms with E-state index in [2.05, 4.69) is 15.0 Å². The summed E-state index contributed by atoms with van der Waals surface area (Å²) in [4.78, 5) is 44.6. The van der Waals surface area contributed by atoms with Gasteiger partial charge in [0.05, 0.1) is 11.1 Å². The van der Waals surface area contributed by atoms with Gasteiger partial charge < -0.3 is 14.8 Å². The first-order chi connectivity index (χ1) is 19.6. The number of carbonyl (C=O) groups excluding carboxylic acids is 3. The highest BCUT2D eigenvalue weighted by atomic mass is 32.2. The molecule has 4 rings (SSSR count). The third-order valence-electron chi connectivity index (χ3n) is 6.98. The lowest BCUT2D eigenvalue weighted by Gasteiger charge is -2.30. The number of hydrogen-bond acceptors (Lipinski definition) is 8. The standard InChI is InChI=1S/C30H40N4O5S2/c1-20(32-28(36)24-18-40-19-34(24)29(37)39-30(2,3)4)27(35)33-41-26(21-11-7-5-8-12-21)22-15-16-25(31-17-22)38-23-13-9-6-10-14-23/h6,9-10,13-17,20-21,24,26H,5,7-8,11-12,18-19H2,1-4H3,(H,32,36)(H,33,35)/t20-,24+,26?/m1/s1. The highest BCUT2D eigenvalue weighted by Gasteiger charge is 2.38. The Hall–Kier alpha value is -2.92. The van der Waals surface area contributed by atoms with Gasteiger partial charge in [-0.1, -0.05) is 43.5 Å². The van der Waals surface area contributed by atoms with Crippen molar-refractivity contribution in [1.82, 2.24) is 19.9 Å². The van der Waals surface area contributed by atoms with E-state index in [-0.39, 0.29) is 17.1 Å². The number of ether oxygens (including phenoxy) is 2. The van der Waals surface area contributed by atoms with E-state index in [1.54, 1.807) is 27.7 Å². The summed E-state index contributed by atoms with van der Waals surface area (Å²) >= 11 is 2.86. The second kappa shape index (κ2) is 14.3. The number of benzene rings is 1. The topological polar surface area (TPSA) is 110 Å². The highest BCUT2D eigenvalue weighted by Crippen LogP contribution is 2.42. The summed E-state index contributed by atoms with van der Waals surface area (Å²) in [6.07, 6.45) is 7.02. The first kappa shape index (κ1) is 31.0. The molecule has 0 bridgehead atoms. The largest absolute Gasteiger partial charge is 0.444 e. The number of aromatic nitrogens is 1. The number of carbonyl (C=O) groups is 3. The normalized spacial score (nSPS) is 19.2. The predicted octanol–water partition coefficient (Wildman–Crippen LogP) is 6.07. The number of pyridine rings is 1. The highest BCUT2D eigenvalue weighted by molar-refractivity contribution is 7.99. The molecule has 1 aromatic heterocycles. The van der Waals surface area contributed by atoms with Crippen molar-refractivity contribution in [2.75, 3.05) is 11.6 Å². The Labute approximate surface area is 251 Å². The maximum absolute atomic E-state index is 13.1. The number of nitrogens with zero attached hydrogens (tertiary/aromatic N) is 2. The summed E-state index contributed by atoms with van der Waals surface area (Å²) in [5, 5.41) is 2.81. The van der Waals surface area contributed by atoms with Crippen molar-refractivity contribution in [2.24, 2.45) is 5.92 Å². The lowest BCUT2D eigenvalue weighted by molar-refractivity contribution is -0.130. The quantitative estimate of drug-likeness (QED) is 0.334. The molecule has 1 saturated carbocycles. The van der Waals surface area contributed by atoms with E-state index in [4.69, 9.17) is 9.47 Å². The minimum Gasteiger partial charge on any atom is -0.444 e. The number of nitrogens with one attached hydrogen (secondary N) is 2. The van der Waals surface area contributed by atoms with Crippen molar-refractivity contribution in [2.45, 2.75) is 82.7 Å². The molecular weight excluding hydrogens is 560 g/mol. The van der Waals surface area contributed by atoms with Crippen molar-refractivity contribution in [3.63, 3.8) is 0 Å². The number of rotatable bonds is 9. The van der Waals surface area contributed by atoms with Crippen LogP contribution in [0.5, 0.6) is 11.6 Å². The number of para-hydroxylation sites is 1. The van der Waals surface area contributed by atoms with E-state index in [9.17, 15) is 14.4 Å². The molecule has 2 fully saturated rings. The summed E-state index contributed by atoms with van der Waals surface area (Å²) in [5.41, 5.74) is 0.366. The van der Waals surface area contributed by atoms with E-state index in [0.29, 0.717) is 23.4 Å². The molecule has 3 atom stereocenters. The van der Waals surface area contributed by atoms with Gasteiger partial charge >= 0.3 is 6.09 Å². The van der Waals surface area contributed by atoms with E-state index in [1.807, 2.05) is 48.7 Å². The molecule has 9 nitrogen and oxygen atoms in total. The van der Waals surface area contributed by atoms with Crippen molar-refractivity contribution in [1.29, 1.82) is 0 Å². The minimum atomic E-state index is -0.770. The molecule has 2 aromatic rings. The summed E-state index contributed by atoms with van der Waals surface area (Å²) in [7, 11) is 0. The predicted molar refractivity (Wildman–Crippen MR) is 163 cm³/mol. The van der Waals surface area contributed by atoms with Crippen LogP contribution in [0.25, 0.3) is 0 Å². The molecule has 0 radical (unpaired) electrons. The Bertz CT molecular complexity index is 1170. The molecule has 11 heteroatoms. The zero-order chi connectivity index (χ0) is 29.4. The van der Waals surface area contributed by atoms with Crippen LogP contribution in [0.3, 0.4) is 0 Å². The fourth-order valence-electron chi connectivity index (χ4n) is 4.85. The molecule has 3 amide bonds. The number of amides is 3. The lowest BCUT2D eigenvalue weighted by Crippen LogP contribution is -2.53. The van der Waals surface area contributed by atoms with Crippen molar-refractivity contribution in [3.05, 3.63) is 54.2 Å². The van der Waals surface area contributed by atoms with Crippen molar-refractivity contribution >= 4 is 41.6 Å². The molecule has 1 aliphatic heterocycles. The first-order valence-corrected chi connectivity index (χ1v) is 16.2. The third kappa shape index (κ3) is 9.03. The fourth-order valence-corrected chi connectivity index (χ4v) is 7.15. The van der Waals surface area contributed by atoms with Crippen LogP contribution in [-0.2, 0) is 14.3 Å². The van der Waals surface area contributed by atoms with E-state index < -0.39 is 23.8 Å². The van der Waals surface area contributed by atoms with Gasteiger partial charge in [0.1, 0.15) is 23.4 Å². The Morgan fingerprint density at radius 3 is 2.46 bits per heavy atom. The van der Waals surface area contributed by atoms with Gasteiger partial charge in [-0.05, 0) is 76.1 Å². The average molecular weight is 601 g/mol. The van der Waals surface area contributed by atoms with Crippen LogP contribution in [0.4, 0.5) is 4.79 Å². The van der Waals surface area contributed by atoms with Crippen molar-refractivity contribution in [3.8, 4) is 11.6 Å². The Balaban J connectivity index is 1.35. The second-order valence-electron chi connectivity index (χ2n) is 11.4. The van der Waals surface area contributed by atoms with Crippen LogP contribution >= 0.6 is 23.7 Å². The molecular formula is C30H40N4O5S2. The Kier molecular flexibility index (Phi) is 10.8. The van der Waals surface area contributed by atoms with E-state index in [0.717, 1.165) is 37.0 Å². The molecule has 2 N–H and O–H groups in total. The van der Waals surface area contributed by atoms with Gasteiger partial charge in [0.15, 0.2) is 0 Å².